The lowest BCUT2D eigenvalue weighted by atomic mass is 10.8. The fraction of sp³-hybridized carbons (Fsp3) is 0.286. The van der Waals surface area contributed by atoms with Crippen LogP contribution in [0.3, 0.4) is 0 Å². The smallest absolute Gasteiger partial charge is 0.450 e. The monoisotopic (exact) mass is 258 g/mol. The SMILES string of the molecule is C=CF.O=C(O)O.O=C(O)OCCOC(=O)O. The number of hydrogen-bond donors (Lipinski definition) is 4. The Balaban J connectivity index is -0.000000232. The van der Waals surface area contributed by atoms with E-state index >= 15 is 0 Å². The largest absolute Gasteiger partial charge is 0.505 e. The van der Waals surface area contributed by atoms with Gasteiger partial charge in [0.1, 0.15) is 13.2 Å². The van der Waals surface area contributed by atoms with Gasteiger partial charge in [-0.05, 0) is 0 Å². The van der Waals surface area contributed by atoms with Crippen LogP contribution in [0.25, 0.3) is 0 Å². The zero-order chi connectivity index (χ0) is 14.3. The van der Waals surface area contributed by atoms with Crippen LogP contribution in [0.2, 0.25) is 0 Å². The van der Waals surface area contributed by atoms with Gasteiger partial charge in [-0.15, -0.1) is 0 Å². The van der Waals surface area contributed by atoms with Crippen LogP contribution in [0, 0.1) is 0 Å². The number of ether oxygens (including phenoxy) is 2. The Morgan fingerprint density at radius 3 is 1.29 bits per heavy atom. The molecule has 0 aromatic heterocycles. The fourth-order valence-electron chi connectivity index (χ4n) is 0.258. The summed E-state index contributed by atoms with van der Waals surface area (Å²) in [6.07, 6.45) is -4.48. The quantitative estimate of drug-likeness (QED) is 0.437. The van der Waals surface area contributed by atoms with Gasteiger partial charge in [0, 0.05) is 0 Å². The lowest BCUT2D eigenvalue weighted by Crippen LogP contribution is -2.10. The summed E-state index contributed by atoms with van der Waals surface area (Å²) in [6.45, 7) is 2.14. The summed E-state index contributed by atoms with van der Waals surface area (Å²) >= 11 is 0. The van der Waals surface area contributed by atoms with E-state index in [1.54, 1.807) is 0 Å². The van der Waals surface area contributed by atoms with Gasteiger partial charge in [-0.2, -0.15) is 0 Å². The van der Waals surface area contributed by atoms with E-state index in [1.165, 1.54) is 0 Å². The van der Waals surface area contributed by atoms with E-state index < -0.39 is 18.5 Å². The summed E-state index contributed by atoms with van der Waals surface area (Å²) in [5, 5.41) is 29.7. The molecule has 0 saturated carbocycles. The summed E-state index contributed by atoms with van der Waals surface area (Å²) in [5.41, 5.74) is 0. The second-order valence-electron chi connectivity index (χ2n) is 1.67. The molecule has 0 radical (unpaired) electrons. The Morgan fingerprint density at radius 2 is 1.18 bits per heavy atom. The van der Waals surface area contributed by atoms with E-state index in [0.717, 1.165) is 0 Å². The summed E-state index contributed by atoms with van der Waals surface area (Å²) in [7, 11) is 0. The van der Waals surface area contributed by atoms with Crippen molar-refractivity contribution >= 4 is 18.5 Å². The topological polar surface area (TPSA) is 151 Å². The van der Waals surface area contributed by atoms with Crippen molar-refractivity contribution < 1.29 is 48.7 Å². The molecule has 0 saturated heterocycles. The van der Waals surface area contributed by atoms with E-state index in [4.69, 9.17) is 25.2 Å². The first kappa shape index (κ1) is 20.0. The Kier molecular flexibility index (Phi) is 18.7. The first-order valence-electron chi connectivity index (χ1n) is 3.62. The highest BCUT2D eigenvalue weighted by Crippen LogP contribution is 1.79. The second-order valence-corrected chi connectivity index (χ2v) is 1.67. The standard InChI is InChI=1S/C4H6O6.C2H3F.CH2O3/c5-3(6)9-1-2-10-4(7)8;1-2-3;2-1(3)4/h1-2H2,(H,5,6)(H,7,8);2H,1H2;(H2,2,3,4). The normalized spacial score (nSPS) is 7.12. The Bertz CT molecular complexity index is 219. The van der Waals surface area contributed by atoms with Gasteiger partial charge in [0.15, 0.2) is 0 Å². The van der Waals surface area contributed by atoms with Crippen LogP contribution in [-0.2, 0) is 9.47 Å². The third-order valence-corrected chi connectivity index (χ3v) is 0.534. The Hall–Kier alpha value is -2.52. The molecule has 0 heterocycles. The Labute approximate surface area is 94.3 Å². The van der Waals surface area contributed by atoms with Gasteiger partial charge in [-0.1, -0.05) is 6.58 Å². The molecule has 9 nitrogen and oxygen atoms in total. The van der Waals surface area contributed by atoms with Gasteiger partial charge in [0.2, 0.25) is 0 Å². The van der Waals surface area contributed by atoms with Crippen LogP contribution in [0.15, 0.2) is 12.9 Å². The van der Waals surface area contributed by atoms with Gasteiger partial charge in [-0.3, -0.25) is 0 Å². The maximum absolute atomic E-state index is 10.1. The molecule has 100 valence electrons. The van der Waals surface area contributed by atoms with Crippen molar-refractivity contribution in [1.82, 2.24) is 0 Å². The van der Waals surface area contributed by atoms with E-state index in [-0.39, 0.29) is 19.5 Å². The fourth-order valence-corrected chi connectivity index (χ4v) is 0.258. The molecule has 0 aliphatic rings. The number of carboxylic acid groups (broad SMARTS) is 4. The van der Waals surface area contributed by atoms with Crippen molar-refractivity contribution in [2.24, 2.45) is 0 Å². The molecule has 0 amide bonds. The van der Waals surface area contributed by atoms with E-state index in [9.17, 15) is 14.0 Å². The van der Waals surface area contributed by atoms with Crippen molar-refractivity contribution in [1.29, 1.82) is 0 Å². The number of halogens is 1. The van der Waals surface area contributed by atoms with Crippen molar-refractivity contribution in [2.75, 3.05) is 13.2 Å². The molecule has 17 heavy (non-hydrogen) atoms. The average Bonchev–Trinajstić information content (AvgIpc) is 2.12. The zero-order valence-corrected chi connectivity index (χ0v) is 8.41. The van der Waals surface area contributed by atoms with Crippen LogP contribution in [-0.4, -0.2) is 52.1 Å². The van der Waals surface area contributed by atoms with Crippen molar-refractivity contribution in [3.63, 3.8) is 0 Å². The minimum absolute atomic E-state index is 0.250. The predicted octanol–water partition coefficient (Wildman–Crippen LogP) is 1.70. The van der Waals surface area contributed by atoms with Gasteiger partial charge in [0.05, 0.1) is 6.33 Å². The first-order chi connectivity index (χ1) is 7.77. The summed E-state index contributed by atoms with van der Waals surface area (Å²) in [5.74, 6) is 0. The molecule has 0 aromatic rings. The lowest BCUT2D eigenvalue weighted by Gasteiger charge is -1.98. The van der Waals surface area contributed by atoms with Crippen LogP contribution in [0.4, 0.5) is 18.8 Å². The summed E-state index contributed by atoms with van der Waals surface area (Å²) in [6, 6.07) is 0. The van der Waals surface area contributed by atoms with Crippen LogP contribution in [0.1, 0.15) is 0 Å². The molecule has 10 heteroatoms. The number of rotatable bonds is 3. The molecule has 0 aromatic carbocycles. The van der Waals surface area contributed by atoms with E-state index in [2.05, 4.69) is 16.1 Å². The predicted molar refractivity (Wildman–Crippen MR) is 49.9 cm³/mol. The second kappa shape index (κ2) is 15.9. The third kappa shape index (κ3) is 88.5. The minimum atomic E-state index is -1.83. The molecule has 0 spiro atoms. The first-order valence-corrected chi connectivity index (χ1v) is 3.62. The molecular formula is C7H11FO9. The third-order valence-electron chi connectivity index (χ3n) is 0.534. The maximum atomic E-state index is 10.1. The van der Waals surface area contributed by atoms with Crippen LogP contribution >= 0.6 is 0 Å². The Morgan fingerprint density at radius 1 is 1.00 bits per heavy atom. The van der Waals surface area contributed by atoms with E-state index in [0.29, 0.717) is 0 Å². The highest BCUT2D eigenvalue weighted by molar-refractivity contribution is 5.57. The van der Waals surface area contributed by atoms with E-state index in [1.807, 2.05) is 0 Å². The van der Waals surface area contributed by atoms with Crippen molar-refractivity contribution in [2.45, 2.75) is 0 Å². The lowest BCUT2D eigenvalue weighted by molar-refractivity contribution is 0.0472. The van der Waals surface area contributed by atoms with Gasteiger partial charge in [0.25, 0.3) is 0 Å². The highest BCUT2D eigenvalue weighted by atomic mass is 19.1. The van der Waals surface area contributed by atoms with Gasteiger partial charge < -0.3 is 29.9 Å². The molecule has 0 aliphatic heterocycles. The molecule has 4 N–H and O–H groups in total. The maximum Gasteiger partial charge on any atom is 0.505 e. The molecule has 0 aliphatic carbocycles. The highest BCUT2D eigenvalue weighted by Gasteiger charge is 1.98. The van der Waals surface area contributed by atoms with Crippen molar-refractivity contribution in [3.05, 3.63) is 12.9 Å². The van der Waals surface area contributed by atoms with Crippen molar-refractivity contribution in [3.8, 4) is 0 Å². The molecule has 0 rings (SSSR count). The average molecular weight is 258 g/mol. The minimum Gasteiger partial charge on any atom is -0.450 e. The number of carbonyl (C=O) groups is 3. The van der Waals surface area contributed by atoms with Crippen LogP contribution in [0.5, 0.6) is 0 Å². The molecule has 0 unspecified atom stereocenters. The summed E-state index contributed by atoms with van der Waals surface area (Å²) < 4.78 is 17.9. The molecule has 0 fully saturated rings. The number of hydrogen-bond acceptors (Lipinski definition) is 5. The molecular weight excluding hydrogens is 247 g/mol. The molecule has 0 bridgehead atoms. The van der Waals surface area contributed by atoms with Crippen LogP contribution < -0.4 is 0 Å². The summed E-state index contributed by atoms with van der Waals surface area (Å²) in [4.78, 5) is 27.8. The molecule has 0 atom stereocenters. The van der Waals surface area contributed by atoms with Gasteiger partial charge >= 0.3 is 18.5 Å². The zero-order valence-electron chi connectivity index (χ0n) is 8.41. The van der Waals surface area contributed by atoms with Gasteiger partial charge in [-0.25, -0.2) is 18.8 Å².